The average molecular weight is 275 g/mol. The summed E-state index contributed by atoms with van der Waals surface area (Å²) in [6, 6.07) is 9.49. The smallest absolute Gasteiger partial charge is 0.229 e. The minimum absolute atomic E-state index is 0.603. The molecule has 4 nitrogen and oxygen atoms in total. The summed E-state index contributed by atoms with van der Waals surface area (Å²) >= 11 is 5.96. The van der Waals surface area contributed by atoms with Crippen molar-refractivity contribution in [3.05, 3.63) is 41.6 Å². The molecule has 1 aromatic heterocycles. The Morgan fingerprint density at radius 1 is 1.16 bits per heavy atom. The van der Waals surface area contributed by atoms with E-state index in [0.717, 1.165) is 24.6 Å². The van der Waals surface area contributed by atoms with Gasteiger partial charge in [0.1, 0.15) is 5.82 Å². The second-order valence-corrected chi connectivity index (χ2v) is 5.00. The highest BCUT2D eigenvalue weighted by atomic mass is 35.5. The molecule has 1 aliphatic heterocycles. The second-order valence-electron chi connectivity index (χ2n) is 4.57. The number of hydrogen-bond acceptors (Lipinski definition) is 4. The molecule has 0 aliphatic carbocycles. The van der Waals surface area contributed by atoms with Gasteiger partial charge in [-0.05, 0) is 37.1 Å². The summed E-state index contributed by atoms with van der Waals surface area (Å²) in [5.41, 5.74) is 0.895. The van der Waals surface area contributed by atoms with E-state index < -0.39 is 0 Å². The van der Waals surface area contributed by atoms with E-state index >= 15 is 0 Å². The van der Waals surface area contributed by atoms with Crippen molar-refractivity contribution in [3.63, 3.8) is 0 Å². The zero-order valence-electron chi connectivity index (χ0n) is 10.5. The summed E-state index contributed by atoms with van der Waals surface area (Å²) in [7, 11) is 0. The van der Waals surface area contributed by atoms with Crippen molar-refractivity contribution in [2.45, 2.75) is 12.8 Å². The summed E-state index contributed by atoms with van der Waals surface area (Å²) in [6.07, 6.45) is 4.26. The van der Waals surface area contributed by atoms with Crippen LogP contribution in [0.2, 0.25) is 5.02 Å². The molecule has 1 N–H and O–H groups in total. The van der Waals surface area contributed by atoms with Crippen LogP contribution in [0.25, 0.3) is 0 Å². The minimum atomic E-state index is 0.603. The SMILES string of the molecule is Clc1cccc(Nc2nccc(N3CCCC3)n2)c1. The first-order chi connectivity index (χ1) is 9.31. The number of nitrogens with zero attached hydrogens (tertiary/aromatic N) is 3. The molecule has 0 unspecified atom stereocenters. The van der Waals surface area contributed by atoms with Crippen molar-refractivity contribution < 1.29 is 0 Å². The molecule has 1 aromatic carbocycles. The molecule has 3 rings (SSSR count). The van der Waals surface area contributed by atoms with Gasteiger partial charge in [0.05, 0.1) is 0 Å². The van der Waals surface area contributed by atoms with Crippen LogP contribution < -0.4 is 10.2 Å². The second kappa shape index (κ2) is 5.45. The fraction of sp³-hybridized carbons (Fsp3) is 0.286. The van der Waals surface area contributed by atoms with Crippen molar-refractivity contribution in [1.29, 1.82) is 0 Å². The van der Waals surface area contributed by atoms with Crippen LogP contribution >= 0.6 is 11.6 Å². The van der Waals surface area contributed by atoms with E-state index in [-0.39, 0.29) is 0 Å². The summed E-state index contributed by atoms with van der Waals surface area (Å²) in [5.74, 6) is 1.59. The van der Waals surface area contributed by atoms with Gasteiger partial charge in [-0.3, -0.25) is 0 Å². The third-order valence-electron chi connectivity index (χ3n) is 3.15. The molecule has 19 heavy (non-hydrogen) atoms. The van der Waals surface area contributed by atoms with Gasteiger partial charge in [0.2, 0.25) is 5.95 Å². The van der Waals surface area contributed by atoms with E-state index in [9.17, 15) is 0 Å². The zero-order valence-corrected chi connectivity index (χ0v) is 11.3. The number of benzene rings is 1. The van der Waals surface area contributed by atoms with Gasteiger partial charge in [0.15, 0.2) is 0 Å². The van der Waals surface area contributed by atoms with Crippen LogP contribution in [0.3, 0.4) is 0 Å². The van der Waals surface area contributed by atoms with Crippen LogP contribution in [-0.4, -0.2) is 23.1 Å². The van der Waals surface area contributed by atoms with Gasteiger partial charge >= 0.3 is 0 Å². The Bertz CT molecular complexity index is 567. The zero-order chi connectivity index (χ0) is 13.1. The molecule has 2 heterocycles. The number of aromatic nitrogens is 2. The van der Waals surface area contributed by atoms with Crippen LogP contribution in [0.15, 0.2) is 36.5 Å². The molecule has 0 amide bonds. The number of nitrogens with one attached hydrogen (secondary N) is 1. The normalized spacial score (nSPS) is 14.7. The Morgan fingerprint density at radius 3 is 2.79 bits per heavy atom. The first kappa shape index (κ1) is 12.2. The van der Waals surface area contributed by atoms with Gasteiger partial charge in [0.25, 0.3) is 0 Å². The summed E-state index contributed by atoms with van der Waals surface area (Å²) in [6.45, 7) is 2.15. The molecule has 2 aromatic rings. The Kier molecular flexibility index (Phi) is 3.51. The first-order valence-corrected chi connectivity index (χ1v) is 6.80. The molecule has 5 heteroatoms. The van der Waals surface area contributed by atoms with E-state index in [1.54, 1.807) is 6.20 Å². The van der Waals surface area contributed by atoms with Gasteiger partial charge in [-0.15, -0.1) is 0 Å². The Morgan fingerprint density at radius 2 is 2.00 bits per heavy atom. The minimum Gasteiger partial charge on any atom is -0.356 e. The topological polar surface area (TPSA) is 41.1 Å². The maximum atomic E-state index is 5.96. The van der Waals surface area contributed by atoms with Crippen LogP contribution in [0.1, 0.15) is 12.8 Å². The molecule has 0 saturated carbocycles. The number of rotatable bonds is 3. The predicted molar refractivity (Wildman–Crippen MR) is 78.2 cm³/mol. The molecule has 1 aliphatic rings. The monoisotopic (exact) mass is 274 g/mol. The van der Waals surface area contributed by atoms with E-state index in [1.165, 1.54) is 12.8 Å². The molecular weight excluding hydrogens is 260 g/mol. The van der Waals surface area contributed by atoms with Gasteiger partial charge in [-0.25, -0.2) is 4.98 Å². The number of anilines is 3. The molecule has 0 radical (unpaired) electrons. The van der Waals surface area contributed by atoms with Crippen molar-refractivity contribution in [2.24, 2.45) is 0 Å². The largest absolute Gasteiger partial charge is 0.356 e. The van der Waals surface area contributed by atoms with E-state index in [0.29, 0.717) is 11.0 Å². The van der Waals surface area contributed by atoms with Crippen molar-refractivity contribution in [2.75, 3.05) is 23.3 Å². The molecule has 1 fully saturated rings. The lowest BCUT2D eigenvalue weighted by atomic mass is 10.3. The van der Waals surface area contributed by atoms with Crippen molar-refractivity contribution in [3.8, 4) is 0 Å². The molecule has 0 bridgehead atoms. The fourth-order valence-electron chi connectivity index (χ4n) is 2.23. The van der Waals surface area contributed by atoms with Gasteiger partial charge < -0.3 is 10.2 Å². The lowest BCUT2D eigenvalue weighted by Gasteiger charge is -2.16. The van der Waals surface area contributed by atoms with Crippen LogP contribution in [0, 0.1) is 0 Å². The first-order valence-electron chi connectivity index (χ1n) is 6.42. The number of halogens is 1. The van der Waals surface area contributed by atoms with Crippen molar-refractivity contribution >= 4 is 29.1 Å². The quantitative estimate of drug-likeness (QED) is 0.930. The standard InChI is InChI=1S/C14H15ClN4/c15-11-4-3-5-12(10-11)17-14-16-7-6-13(18-14)19-8-1-2-9-19/h3-7,10H,1-2,8-9H2,(H,16,17,18). The highest BCUT2D eigenvalue weighted by Gasteiger charge is 2.13. The Hall–Kier alpha value is -1.81. The fourth-order valence-corrected chi connectivity index (χ4v) is 2.42. The van der Waals surface area contributed by atoms with Crippen LogP contribution in [-0.2, 0) is 0 Å². The van der Waals surface area contributed by atoms with Crippen molar-refractivity contribution in [1.82, 2.24) is 9.97 Å². The van der Waals surface area contributed by atoms with Gasteiger partial charge in [0, 0.05) is 30.0 Å². The molecular formula is C14H15ClN4. The Balaban J connectivity index is 1.79. The summed E-state index contributed by atoms with van der Waals surface area (Å²) in [5, 5.41) is 3.87. The van der Waals surface area contributed by atoms with Crippen LogP contribution in [0.5, 0.6) is 0 Å². The summed E-state index contributed by atoms with van der Waals surface area (Å²) in [4.78, 5) is 11.1. The maximum absolute atomic E-state index is 5.96. The molecule has 0 spiro atoms. The third kappa shape index (κ3) is 2.96. The van der Waals surface area contributed by atoms with Gasteiger partial charge in [-0.1, -0.05) is 17.7 Å². The molecule has 0 atom stereocenters. The highest BCUT2D eigenvalue weighted by Crippen LogP contribution is 2.21. The molecule has 1 saturated heterocycles. The lowest BCUT2D eigenvalue weighted by molar-refractivity contribution is 0.930. The van der Waals surface area contributed by atoms with Gasteiger partial charge in [-0.2, -0.15) is 4.98 Å². The predicted octanol–water partition coefficient (Wildman–Crippen LogP) is 3.47. The average Bonchev–Trinajstić information content (AvgIpc) is 2.93. The molecule has 98 valence electrons. The van der Waals surface area contributed by atoms with E-state index in [1.807, 2.05) is 30.3 Å². The summed E-state index contributed by atoms with van der Waals surface area (Å²) < 4.78 is 0. The lowest BCUT2D eigenvalue weighted by Crippen LogP contribution is -2.19. The van der Waals surface area contributed by atoms with E-state index in [2.05, 4.69) is 20.2 Å². The Labute approximate surface area is 117 Å². The third-order valence-corrected chi connectivity index (χ3v) is 3.39. The number of hydrogen-bond donors (Lipinski definition) is 1. The van der Waals surface area contributed by atoms with Crippen LogP contribution in [0.4, 0.5) is 17.5 Å². The highest BCUT2D eigenvalue weighted by molar-refractivity contribution is 6.30. The van der Waals surface area contributed by atoms with E-state index in [4.69, 9.17) is 11.6 Å². The maximum Gasteiger partial charge on any atom is 0.229 e.